The molecule has 35 heavy (non-hydrogen) atoms. The van der Waals surface area contributed by atoms with Crippen LogP contribution in [0.3, 0.4) is 0 Å². The highest BCUT2D eigenvalue weighted by atomic mass is 19.4. The third-order valence-corrected chi connectivity index (χ3v) is 5.28. The highest BCUT2D eigenvalue weighted by Crippen LogP contribution is 2.35. The number of anilines is 2. The van der Waals surface area contributed by atoms with E-state index in [4.69, 9.17) is 5.73 Å². The summed E-state index contributed by atoms with van der Waals surface area (Å²) < 4.78 is 40.0. The van der Waals surface area contributed by atoms with E-state index in [9.17, 15) is 13.2 Å². The Labute approximate surface area is 200 Å². The van der Waals surface area contributed by atoms with Gasteiger partial charge in [0.05, 0.1) is 17.3 Å². The Balaban J connectivity index is 1.74. The predicted molar refractivity (Wildman–Crippen MR) is 130 cm³/mol. The van der Waals surface area contributed by atoms with Crippen LogP contribution in [0.15, 0.2) is 72.9 Å². The van der Waals surface area contributed by atoms with E-state index < -0.39 is 11.7 Å². The SMILES string of the molecule is C[C@H](Nc1nccc(-c2cc(NCCN)nnc2-c2cccc(C(F)(F)F)c2)n1)c1ccccc1. The van der Waals surface area contributed by atoms with E-state index in [0.717, 1.165) is 17.7 Å². The Hall–Kier alpha value is -4.05. The number of nitrogens with two attached hydrogens (primary N) is 1. The van der Waals surface area contributed by atoms with Gasteiger partial charge in [0, 0.05) is 30.4 Å². The molecule has 0 aliphatic heterocycles. The molecule has 4 N–H and O–H groups in total. The smallest absolute Gasteiger partial charge is 0.367 e. The molecular formula is C25H24F3N7. The van der Waals surface area contributed by atoms with Gasteiger partial charge in [-0.15, -0.1) is 10.2 Å². The minimum Gasteiger partial charge on any atom is -0.367 e. The molecule has 0 fully saturated rings. The fourth-order valence-corrected chi connectivity index (χ4v) is 3.53. The molecule has 0 aliphatic rings. The van der Waals surface area contributed by atoms with Gasteiger partial charge in [0.25, 0.3) is 0 Å². The van der Waals surface area contributed by atoms with Gasteiger partial charge < -0.3 is 16.4 Å². The number of nitrogens with one attached hydrogen (secondary N) is 2. The van der Waals surface area contributed by atoms with E-state index in [1.54, 1.807) is 24.4 Å². The quantitative estimate of drug-likeness (QED) is 0.321. The molecule has 7 nitrogen and oxygen atoms in total. The molecule has 2 aromatic carbocycles. The summed E-state index contributed by atoms with van der Waals surface area (Å²) in [5.41, 5.74) is 7.41. The predicted octanol–water partition coefficient (Wildman–Crippen LogP) is 5.16. The molecule has 0 amide bonds. The molecule has 0 saturated heterocycles. The Morgan fingerprint density at radius 2 is 1.77 bits per heavy atom. The summed E-state index contributed by atoms with van der Waals surface area (Å²) in [5, 5.41) is 14.7. The first kappa shape index (κ1) is 24.1. The molecule has 4 rings (SSSR count). The number of benzene rings is 2. The zero-order valence-corrected chi connectivity index (χ0v) is 18.9. The van der Waals surface area contributed by atoms with E-state index in [0.29, 0.717) is 36.1 Å². The fourth-order valence-electron chi connectivity index (χ4n) is 3.53. The van der Waals surface area contributed by atoms with Gasteiger partial charge in [-0.2, -0.15) is 13.2 Å². The van der Waals surface area contributed by atoms with Crippen LogP contribution in [0, 0.1) is 0 Å². The first-order valence-electron chi connectivity index (χ1n) is 11.0. The molecule has 180 valence electrons. The lowest BCUT2D eigenvalue weighted by Crippen LogP contribution is -2.14. The number of aromatic nitrogens is 4. The Bertz CT molecular complexity index is 1280. The van der Waals surface area contributed by atoms with Crippen LogP contribution in [0.4, 0.5) is 24.9 Å². The van der Waals surface area contributed by atoms with Gasteiger partial charge in [0.1, 0.15) is 11.5 Å². The molecule has 0 bridgehead atoms. The van der Waals surface area contributed by atoms with Gasteiger partial charge in [-0.25, -0.2) is 9.97 Å². The second-order valence-corrected chi connectivity index (χ2v) is 7.83. The molecule has 0 radical (unpaired) electrons. The topological polar surface area (TPSA) is 102 Å². The molecular weight excluding hydrogens is 455 g/mol. The van der Waals surface area contributed by atoms with Crippen molar-refractivity contribution in [3.05, 3.63) is 84.1 Å². The maximum absolute atomic E-state index is 13.3. The van der Waals surface area contributed by atoms with Crippen molar-refractivity contribution in [3.63, 3.8) is 0 Å². The third-order valence-electron chi connectivity index (χ3n) is 5.28. The lowest BCUT2D eigenvalue weighted by Gasteiger charge is -2.16. The van der Waals surface area contributed by atoms with Crippen LogP contribution >= 0.6 is 0 Å². The molecule has 10 heteroatoms. The zero-order valence-electron chi connectivity index (χ0n) is 18.9. The van der Waals surface area contributed by atoms with Crippen molar-refractivity contribution >= 4 is 11.8 Å². The number of hydrogen-bond donors (Lipinski definition) is 3. The van der Waals surface area contributed by atoms with Crippen LogP contribution in [0.2, 0.25) is 0 Å². The van der Waals surface area contributed by atoms with Gasteiger partial charge in [-0.05, 0) is 36.8 Å². The van der Waals surface area contributed by atoms with Crippen molar-refractivity contribution < 1.29 is 13.2 Å². The number of hydrogen-bond acceptors (Lipinski definition) is 7. The van der Waals surface area contributed by atoms with Crippen molar-refractivity contribution in [1.82, 2.24) is 20.2 Å². The minimum absolute atomic E-state index is 0.0632. The third kappa shape index (κ3) is 5.90. The summed E-state index contributed by atoms with van der Waals surface area (Å²) in [7, 11) is 0. The van der Waals surface area contributed by atoms with Crippen molar-refractivity contribution in [2.45, 2.75) is 19.1 Å². The Morgan fingerprint density at radius 3 is 2.51 bits per heavy atom. The summed E-state index contributed by atoms with van der Waals surface area (Å²) in [4.78, 5) is 8.93. The standard InChI is InChI=1S/C25H24F3N7/c1-16(17-6-3-2-4-7-17)32-24-31-12-10-21(33-24)20-15-22(30-13-11-29)34-35-23(20)18-8-5-9-19(14-18)25(26,27)28/h2-10,12,14-16H,11,13,29H2,1H3,(H,30,34)(H,31,32,33)/t16-/m0/s1. The van der Waals surface area contributed by atoms with Crippen LogP contribution < -0.4 is 16.4 Å². The first-order chi connectivity index (χ1) is 16.8. The highest BCUT2D eigenvalue weighted by molar-refractivity contribution is 5.80. The summed E-state index contributed by atoms with van der Waals surface area (Å²) >= 11 is 0. The molecule has 2 heterocycles. The number of nitrogens with zero attached hydrogens (tertiary/aromatic N) is 4. The molecule has 4 aromatic rings. The van der Waals surface area contributed by atoms with E-state index in [-0.39, 0.29) is 17.3 Å². The van der Waals surface area contributed by atoms with E-state index >= 15 is 0 Å². The molecule has 0 aliphatic carbocycles. The molecule has 0 unspecified atom stereocenters. The van der Waals surface area contributed by atoms with Crippen molar-refractivity contribution in [2.24, 2.45) is 5.73 Å². The van der Waals surface area contributed by atoms with Gasteiger partial charge in [0.15, 0.2) is 0 Å². The van der Waals surface area contributed by atoms with Gasteiger partial charge in [-0.3, -0.25) is 0 Å². The fraction of sp³-hybridized carbons (Fsp3) is 0.200. The second kappa shape index (κ2) is 10.5. The van der Waals surface area contributed by atoms with Crippen LogP contribution in [0.5, 0.6) is 0 Å². The van der Waals surface area contributed by atoms with Gasteiger partial charge in [0.2, 0.25) is 5.95 Å². The number of alkyl halides is 3. The first-order valence-corrected chi connectivity index (χ1v) is 11.0. The second-order valence-electron chi connectivity index (χ2n) is 7.83. The van der Waals surface area contributed by atoms with E-state index in [2.05, 4.69) is 30.8 Å². The summed E-state index contributed by atoms with van der Waals surface area (Å²) in [6.45, 7) is 2.83. The maximum Gasteiger partial charge on any atom is 0.416 e. The molecule has 0 spiro atoms. The maximum atomic E-state index is 13.3. The van der Waals surface area contributed by atoms with Gasteiger partial charge in [-0.1, -0.05) is 42.5 Å². The van der Waals surface area contributed by atoms with Crippen LogP contribution in [-0.4, -0.2) is 33.3 Å². The number of rotatable bonds is 8. The zero-order chi connectivity index (χ0) is 24.8. The summed E-state index contributed by atoms with van der Waals surface area (Å²) in [5.74, 6) is 0.814. The minimum atomic E-state index is -4.48. The van der Waals surface area contributed by atoms with Crippen molar-refractivity contribution in [2.75, 3.05) is 23.7 Å². The van der Waals surface area contributed by atoms with Crippen LogP contribution in [0.25, 0.3) is 22.5 Å². The monoisotopic (exact) mass is 479 g/mol. The summed E-state index contributed by atoms with van der Waals surface area (Å²) in [6.07, 6.45) is -2.89. The van der Waals surface area contributed by atoms with E-state index in [1.807, 2.05) is 37.3 Å². The number of halogens is 3. The Morgan fingerprint density at radius 1 is 0.971 bits per heavy atom. The average molecular weight is 480 g/mol. The lowest BCUT2D eigenvalue weighted by atomic mass is 10.0. The van der Waals surface area contributed by atoms with Crippen LogP contribution in [-0.2, 0) is 6.18 Å². The van der Waals surface area contributed by atoms with E-state index in [1.165, 1.54) is 6.07 Å². The van der Waals surface area contributed by atoms with Crippen LogP contribution in [0.1, 0.15) is 24.1 Å². The largest absolute Gasteiger partial charge is 0.416 e. The Kier molecular flexibility index (Phi) is 7.21. The summed E-state index contributed by atoms with van der Waals surface area (Å²) in [6, 6.07) is 18.1. The molecule has 0 saturated carbocycles. The van der Waals surface area contributed by atoms with Gasteiger partial charge >= 0.3 is 6.18 Å². The van der Waals surface area contributed by atoms with Crippen molar-refractivity contribution in [1.29, 1.82) is 0 Å². The van der Waals surface area contributed by atoms with Crippen molar-refractivity contribution in [3.8, 4) is 22.5 Å². The average Bonchev–Trinajstić information content (AvgIpc) is 2.87. The highest BCUT2D eigenvalue weighted by Gasteiger charge is 2.31. The lowest BCUT2D eigenvalue weighted by molar-refractivity contribution is -0.137. The molecule has 1 atom stereocenters. The molecule has 2 aromatic heterocycles. The normalized spacial score (nSPS) is 12.3.